The third-order valence-corrected chi connectivity index (χ3v) is 3.67. The van der Waals surface area contributed by atoms with Crippen LogP contribution in [0.2, 0.25) is 5.02 Å². The van der Waals surface area contributed by atoms with Gasteiger partial charge in [0.1, 0.15) is 5.69 Å². The van der Waals surface area contributed by atoms with Gasteiger partial charge in [0, 0.05) is 26.3 Å². The molecule has 2 rings (SSSR count). The minimum atomic E-state index is -0.859. The van der Waals surface area contributed by atoms with E-state index in [0.29, 0.717) is 23.7 Å². The van der Waals surface area contributed by atoms with E-state index in [1.807, 2.05) is 0 Å². The monoisotopic (exact) mass is 270 g/mol. The molecule has 18 heavy (non-hydrogen) atoms. The van der Waals surface area contributed by atoms with Crippen LogP contribution in [0.5, 0.6) is 0 Å². The standard InChI is InChI=1S/C12H15ClN2O3/c1-12(11(17)18)3-4-15(7-12)10(16)9-5-8(13)6-14(9)2/h5-6H,3-4,7H2,1-2H3,(H,17,18). The smallest absolute Gasteiger partial charge is 0.311 e. The first kappa shape index (κ1) is 13.0. The van der Waals surface area contributed by atoms with Crippen LogP contribution < -0.4 is 0 Å². The van der Waals surface area contributed by atoms with Crippen molar-refractivity contribution in [1.82, 2.24) is 9.47 Å². The molecule has 0 bridgehead atoms. The number of rotatable bonds is 2. The number of aliphatic carboxylic acids is 1. The zero-order valence-electron chi connectivity index (χ0n) is 10.3. The second-order valence-corrected chi connectivity index (χ2v) is 5.43. The lowest BCUT2D eigenvalue weighted by atomic mass is 9.90. The molecule has 1 fully saturated rings. The maximum Gasteiger partial charge on any atom is 0.311 e. The van der Waals surface area contributed by atoms with Crippen molar-refractivity contribution in [3.8, 4) is 0 Å². The number of carbonyl (C=O) groups excluding carboxylic acids is 1. The fourth-order valence-corrected chi connectivity index (χ4v) is 2.46. The molecule has 1 aromatic heterocycles. The fraction of sp³-hybridized carbons (Fsp3) is 0.500. The molecule has 0 aliphatic carbocycles. The van der Waals surface area contributed by atoms with Gasteiger partial charge < -0.3 is 14.6 Å². The lowest BCUT2D eigenvalue weighted by molar-refractivity contribution is -0.147. The number of likely N-dealkylation sites (tertiary alicyclic amines) is 1. The number of carbonyl (C=O) groups is 2. The number of amides is 1. The number of aromatic nitrogens is 1. The Morgan fingerprint density at radius 2 is 2.17 bits per heavy atom. The lowest BCUT2D eigenvalue weighted by Crippen LogP contribution is -2.35. The van der Waals surface area contributed by atoms with Crippen LogP contribution in [-0.2, 0) is 11.8 Å². The number of aryl methyl sites for hydroxylation is 1. The predicted molar refractivity (Wildman–Crippen MR) is 66.7 cm³/mol. The van der Waals surface area contributed by atoms with Gasteiger partial charge in [-0.1, -0.05) is 11.6 Å². The molecular weight excluding hydrogens is 256 g/mol. The average molecular weight is 271 g/mol. The van der Waals surface area contributed by atoms with Gasteiger partial charge in [-0.15, -0.1) is 0 Å². The molecule has 1 aliphatic heterocycles. The van der Waals surface area contributed by atoms with Crippen molar-refractivity contribution in [2.45, 2.75) is 13.3 Å². The SMILES string of the molecule is Cn1cc(Cl)cc1C(=O)N1CCC(C)(C(=O)O)C1. The van der Waals surface area contributed by atoms with E-state index in [4.69, 9.17) is 16.7 Å². The summed E-state index contributed by atoms with van der Waals surface area (Å²) in [5.74, 6) is -1.03. The van der Waals surface area contributed by atoms with Crippen LogP contribution in [0.4, 0.5) is 0 Å². The van der Waals surface area contributed by atoms with E-state index >= 15 is 0 Å². The van der Waals surface area contributed by atoms with Crippen LogP contribution in [0.25, 0.3) is 0 Å². The zero-order valence-corrected chi connectivity index (χ0v) is 11.1. The Balaban J connectivity index is 2.18. The third-order valence-electron chi connectivity index (χ3n) is 3.47. The minimum Gasteiger partial charge on any atom is -0.481 e. The molecule has 0 radical (unpaired) electrons. The number of nitrogens with zero attached hydrogens (tertiary/aromatic N) is 2. The first-order valence-electron chi connectivity index (χ1n) is 5.68. The van der Waals surface area contributed by atoms with E-state index in [0.717, 1.165) is 0 Å². The zero-order chi connectivity index (χ0) is 13.5. The summed E-state index contributed by atoms with van der Waals surface area (Å²) >= 11 is 5.84. The van der Waals surface area contributed by atoms with Crippen molar-refractivity contribution in [2.24, 2.45) is 12.5 Å². The van der Waals surface area contributed by atoms with Crippen LogP contribution in [0.3, 0.4) is 0 Å². The first-order chi connectivity index (χ1) is 8.33. The normalized spacial score (nSPS) is 23.4. The molecule has 1 saturated heterocycles. The molecule has 0 aromatic carbocycles. The number of carboxylic acid groups (broad SMARTS) is 1. The highest BCUT2D eigenvalue weighted by molar-refractivity contribution is 6.31. The van der Waals surface area contributed by atoms with Crippen molar-refractivity contribution < 1.29 is 14.7 Å². The Morgan fingerprint density at radius 1 is 1.50 bits per heavy atom. The highest BCUT2D eigenvalue weighted by Gasteiger charge is 2.42. The summed E-state index contributed by atoms with van der Waals surface area (Å²) < 4.78 is 1.65. The van der Waals surface area contributed by atoms with E-state index in [2.05, 4.69) is 0 Å². The van der Waals surface area contributed by atoms with Gasteiger partial charge >= 0.3 is 5.97 Å². The Labute approximate surface area is 110 Å². The third kappa shape index (κ3) is 2.10. The molecule has 0 saturated carbocycles. The van der Waals surface area contributed by atoms with Crippen molar-refractivity contribution in [2.75, 3.05) is 13.1 Å². The van der Waals surface area contributed by atoms with Gasteiger partial charge in [0.25, 0.3) is 5.91 Å². The number of hydrogen-bond acceptors (Lipinski definition) is 2. The molecule has 1 amide bonds. The predicted octanol–water partition coefficient (Wildman–Crippen LogP) is 1.62. The quantitative estimate of drug-likeness (QED) is 0.888. The maximum absolute atomic E-state index is 12.2. The molecule has 5 nitrogen and oxygen atoms in total. The Hall–Kier alpha value is -1.49. The summed E-state index contributed by atoms with van der Waals surface area (Å²) in [5.41, 5.74) is -0.361. The van der Waals surface area contributed by atoms with E-state index in [1.54, 1.807) is 35.7 Å². The molecule has 1 aliphatic rings. The van der Waals surface area contributed by atoms with Gasteiger partial charge in [-0.2, -0.15) is 0 Å². The molecule has 6 heteroatoms. The van der Waals surface area contributed by atoms with Crippen LogP contribution in [0, 0.1) is 5.41 Å². The van der Waals surface area contributed by atoms with Crippen LogP contribution in [0.15, 0.2) is 12.3 Å². The van der Waals surface area contributed by atoms with Crippen LogP contribution in [-0.4, -0.2) is 39.5 Å². The van der Waals surface area contributed by atoms with Gasteiger partial charge in [0.2, 0.25) is 0 Å². The second-order valence-electron chi connectivity index (χ2n) is 5.00. The van der Waals surface area contributed by atoms with Gasteiger partial charge in [-0.05, 0) is 19.4 Å². The lowest BCUT2D eigenvalue weighted by Gasteiger charge is -2.20. The van der Waals surface area contributed by atoms with Gasteiger partial charge in [0.05, 0.1) is 10.4 Å². The van der Waals surface area contributed by atoms with E-state index in [-0.39, 0.29) is 12.5 Å². The van der Waals surface area contributed by atoms with Crippen LogP contribution in [0.1, 0.15) is 23.8 Å². The molecule has 2 heterocycles. The van der Waals surface area contributed by atoms with Gasteiger partial charge in [0.15, 0.2) is 0 Å². The Kier molecular flexibility index (Phi) is 3.11. The molecule has 1 atom stereocenters. The van der Waals surface area contributed by atoms with Crippen molar-refractivity contribution in [3.05, 3.63) is 23.0 Å². The number of hydrogen-bond donors (Lipinski definition) is 1. The van der Waals surface area contributed by atoms with Gasteiger partial charge in [-0.3, -0.25) is 9.59 Å². The van der Waals surface area contributed by atoms with E-state index in [9.17, 15) is 9.59 Å². The summed E-state index contributed by atoms with van der Waals surface area (Å²) in [5, 5.41) is 9.64. The molecule has 98 valence electrons. The first-order valence-corrected chi connectivity index (χ1v) is 6.06. The number of halogens is 1. The Bertz CT molecular complexity index is 511. The van der Waals surface area contributed by atoms with Crippen LogP contribution >= 0.6 is 11.6 Å². The topological polar surface area (TPSA) is 62.5 Å². The molecule has 1 N–H and O–H groups in total. The second kappa shape index (κ2) is 4.31. The highest BCUT2D eigenvalue weighted by Crippen LogP contribution is 2.31. The fourth-order valence-electron chi connectivity index (χ4n) is 2.21. The molecule has 0 spiro atoms. The largest absolute Gasteiger partial charge is 0.481 e. The highest BCUT2D eigenvalue weighted by atomic mass is 35.5. The van der Waals surface area contributed by atoms with Gasteiger partial charge in [-0.25, -0.2) is 0 Å². The van der Waals surface area contributed by atoms with E-state index < -0.39 is 11.4 Å². The summed E-state index contributed by atoms with van der Waals surface area (Å²) in [4.78, 5) is 24.9. The maximum atomic E-state index is 12.2. The molecule has 1 unspecified atom stereocenters. The summed E-state index contributed by atoms with van der Waals surface area (Å²) in [6.45, 7) is 2.37. The van der Waals surface area contributed by atoms with Crippen molar-refractivity contribution in [1.29, 1.82) is 0 Å². The number of carboxylic acids is 1. The minimum absolute atomic E-state index is 0.172. The van der Waals surface area contributed by atoms with Crippen molar-refractivity contribution in [3.63, 3.8) is 0 Å². The molecule has 1 aromatic rings. The average Bonchev–Trinajstić information content (AvgIpc) is 2.82. The summed E-state index contributed by atoms with van der Waals surface area (Å²) in [7, 11) is 1.74. The van der Waals surface area contributed by atoms with Crippen molar-refractivity contribution >= 4 is 23.5 Å². The summed E-state index contributed by atoms with van der Waals surface area (Å²) in [6, 6.07) is 1.60. The Morgan fingerprint density at radius 3 is 2.61 bits per heavy atom. The summed E-state index contributed by atoms with van der Waals surface area (Å²) in [6.07, 6.45) is 2.13. The van der Waals surface area contributed by atoms with E-state index in [1.165, 1.54) is 0 Å². The molecular formula is C12H15ClN2O3.